The van der Waals surface area contributed by atoms with Crippen LogP contribution in [0.2, 0.25) is 0 Å². The van der Waals surface area contributed by atoms with Gasteiger partial charge in [-0.3, -0.25) is 4.84 Å². The zero-order chi connectivity index (χ0) is 24.0. The van der Waals surface area contributed by atoms with E-state index in [2.05, 4.69) is 61.4 Å². The van der Waals surface area contributed by atoms with Gasteiger partial charge in [0, 0.05) is 7.05 Å². The Labute approximate surface area is 199 Å². The summed E-state index contributed by atoms with van der Waals surface area (Å²) in [7, 11) is 3.59. The van der Waals surface area contributed by atoms with Gasteiger partial charge in [-0.25, -0.2) is 20.0 Å². The molecule has 0 saturated heterocycles. The lowest BCUT2D eigenvalue weighted by molar-refractivity contribution is 0.173. The van der Waals surface area contributed by atoms with Gasteiger partial charge in [-0.05, 0) is 70.1 Å². The van der Waals surface area contributed by atoms with E-state index in [1.54, 1.807) is 24.8 Å². The standard InChI is InChI=1S/C27H41N5O/c1-20(13-14-23-22(3)12-9-16-27(23,4)5)10-8-11-21(2)15-17-32(33-7)26-24-25(28-18-29-26)31(6)19-30-24/h10,15,18-19,23H,3,8-9,11-14,16-17H2,1-2,4-7H3/b20-10+,21-15+/t23-/m0/s1. The van der Waals surface area contributed by atoms with E-state index < -0.39 is 0 Å². The number of imidazole rings is 1. The molecule has 1 atom stereocenters. The highest BCUT2D eigenvalue weighted by Gasteiger charge is 2.33. The predicted molar refractivity (Wildman–Crippen MR) is 137 cm³/mol. The Hall–Kier alpha value is -2.47. The summed E-state index contributed by atoms with van der Waals surface area (Å²) < 4.78 is 1.88. The Kier molecular flexibility index (Phi) is 8.46. The smallest absolute Gasteiger partial charge is 0.184 e. The van der Waals surface area contributed by atoms with Gasteiger partial charge in [0.15, 0.2) is 17.0 Å². The molecule has 0 radical (unpaired) electrons. The highest BCUT2D eigenvalue weighted by atomic mass is 16.7. The maximum absolute atomic E-state index is 5.59. The molecule has 2 heterocycles. The van der Waals surface area contributed by atoms with Crippen molar-refractivity contribution < 1.29 is 4.84 Å². The van der Waals surface area contributed by atoms with Gasteiger partial charge in [-0.2, -0.15) is 0 Å². The third-order valence-corrected chi connectivity index (χ3v) is 7.15. The Balaban J connectivity index is 1.51. The molecule has 0 unspecified atom stereocenters. The van der Waals surface area contributed by atoms with Crippen LogP contribution in [-0.4, -0.2) is 33.2 Å². The van der Waals surface area contributed by atoms with E-state index in [0.717, 1.165) is 24.0 Å². The molecule has 1 fully saturated rings. The molecule has 1 saturated carbocycles. The lowest BCUT2D eigenvalue weighted by atomic mass is 9.65. The number of rotatable bonds is 10. The minimum Gasteiger partial charge on any atom is -0.318 e. The topological polar surface area (TPSA) is 56.1 Å². The highest BCUT2D eigenvalue weighted by Crippen LogP contribution is 2.45. The molecule has 0 aromatic carbocycles. The SMILES string of the molecule is C=C1CCCC(C)(C)[C@H]1CC/C(C)=C/CC/C(C)=C/CN(OC)c1ncnc2c1ncn2C. The fourth-order valence-electron chi connectivity index (χ4n) is 4.99. The molecule has 1 aliphatic carbocycles. The number of hydrogen-bond acceptors (Lipinski definition) is 5. The number of allylic oxidation sites excluding steroid dienone is 4. The van der Waals surface area contributed by atoms with Gasteiger partial charge in [-0.15, -0.1) is 0 Å². The number of aryl methyl sites for hydroxylation is 1. The molecule has 1 aliphatic rings. The van der Waals surface area contributed by atoms with Gasteiger partial charge in [-0.1, -0.05) is 49.3 Å². The van der Waals surface area contributed by atoms with Crippen molar-refractivity contribution in [3.05, 3.63) is 48.1 Å². The molecular formula is C27H41N5O. The van der Waals surface area contributed by atoms with Crippen LogP contribution >= 0.6 is 0 Å². The van der Waals surface area contributed by atoms with Crippen LogP contribution in [0.15, 0.2) is 48.1 Å². The predicted octanol–water partition coefficient (Wildman–Crippen LogP) is 6.57. The molecular weight excluding hydrogens is 410 g/mol. The van der Waals surface area contributed by atoms with Crippen LogP contribution in [-0.2, 0) is 11.9 Å². The van der Waals surface area contributed by atoms with Crippen molar-refractivity contribution >= 4 is 17.0 Å². The molecule has 0 bridgehead atoms. The van der Waals surface area contributed by atoms with E-state index in [1.807, 2.05) is 11.6 Å². The van der Waals surface area contributed by atoms with E-state index in [1.165, 1.54) is 48.8 Å². The summed E-state index contributed by atoms with van der Waals surface area (Å²) in [6, 6.07) is 0. The summed E-state index contributed by atoms with van der Waals surface area (Å²) in [4.78, 5) is 18.7. The number of hydroxylamine groups is 1. The number of hydrogen-bond donors (Lipinski definition) is 0. The summed E-state index contributed by atoms with van der Waals surface area (Å²) in [6.45, 7) is 14.3. The summed E-state index contributed by atoms with van der Waals surface area (Å²) >= 11 is 0. The third-order valence-electron chi connectivity index (χ3n) is 7.15. The van der Waals surface area contributed by atoms with Gasteiger partial charge in [0.25, 0.3) is 0 Å². The van der Waals surface area contributed by atoms with E-state index in [4.69, 9.17) is 4.84 Å². The first-order valence-electron chi connectivity index (χ1n) is 12.2. The maximum atomic E-state index is 5.59. The summed E-state index contributed by atoms with van der Waals surface area (Å²) in [5, 5.41) is 1.76. The number of aromatic nitrogens is 4. The monoisotopic (exact) mass is 451 g/mol. The molecule has 6 nitrogen and oxygen atoms in total. The number of nitrogens with zero attached hydrogens (tertiary/aromatic N) is 5. The van der Waals surface area contributed by atoms with Crippen molar-refractivity contribution in [1.82, 2.24) is 19.5 Å². The first-order valence-corrected chi connectivity index (χ1v) is 12.2. The summed E-state index contributed by atoms with van der Waals surface area (Å²) in [6.07, 6.45) is 16.2. The Morgan fingerprint density at radius 2 is 1.97 bits per heavy atom. The second-order valence-corrected chi connectivity index (χ2v) is 10.2. The molecule has 180 valence electrons. The summed E-state index contributed by atoms with van der Waals surface area (Å²) in [5.41, 5.74) is 6.24. The van der Waals surface area contributed by atoms with Crippen molar-refractivity contribution in [2.75, 3.05) is 18.7 Å². The zero-order valence-electron chi connectivity index (χ0n) is 21.4. The lowest BCUT2D eigenvalue weighted by Gasteiger charge is -2.40. The molecule has 0 amide bonds. The van der Waals surface area contributed by atoms with E-state index in [9.17, 15) is 0 Å². The molecule has 2 aromatic rings. The highest BCUT2D eigenvalue weighted by molar-refractivity contribution is 5.82. The molecule has 3 rings (SSSR count). The van der Waals surface area contributed by atoms with Gasteiger partial charge in [0.05, 0.1) is 20.0 Å². The number of anilines is 1. The minimum atomic E-state index is 0.396. The maximum Gasteiger partial charge on any atom is 0.184 e. The normalized spacial score (nSPS) is 19.3. The summed E-state index contributed by atoms with van der Waals surface area (Å²) in [5.74, 6) is 1.35. The largest absolute Gasteiger partial charge is 0.318 e. The van der Waals surface area contributed by atoms with Crippen molar-refractivity contribution in [1.29, 1.82) is 0 Å². The van der Waals surface area contributed by atoms with Crippen LogP contribution in [0.1, 0.15) is 72.6 Å². The molecule has 0 aliphatic heterocycles. The molecule has 2 aromatic heterocycles. The van der Waals surface area contributed by atoms with Crippen molar-refractivity contribution in [2.45, 2.75) is 72.6 Å². The van der Waals surface area contributed by atoms with Crippen molar-refractivity contribution in [2.24, 2.45) is 18.4 Å². The van der Waals surface area contributed by atoms with Gasteiger partial charge in [0.1, 0.15) is 6.33 Å². The molecule has 6 heteroatoms. The Morgan fingerprint density at radius 1 is 1.21 bits per heavy atom. The molecule has 0 N–H and O–H groups in total. The fraction of sp³-hybridized carbons (Fsp3) is 0.593. The average Bonchev–Trinajstić information content (AvgIpc) is 3.15. The van der Waals surface area contributed by atoms with E-state index in [0.29, 0.717) is 23.7 Å². The number of fused-ring (bicyclic) bond motifs is 1. The van der Waals surface area contributed by atoms with Crippen LogP contribution in [0.3, 0.4) is 0 Å². The van der Waals surface area contributed by atoms with Crippen LogP contribution in [0, 0.1) is 11.3 Å². The first kappa shape index (κ1) is 25.2. The second-order valence-electron chi connectivity index (χ2n) is 10.2. The van der Waals surface area contributed by atoms with Crippen molar-refractivity contribution in [3.8, 4) is 0 Å². The van der Waals surface area contributed by atoms with Gasteiger partial charge in [0.2, 0.25) is 0 Å². The van der Waals surface area contributed by atoms with E-state index >= 15 is 0 Å². The Morgan fingerprint density at radius 3 is 2.70 bits per heavy atom. The quantitative estimate of drug-likeness (QED) is 0.302. The average molecular weight is 452 g/mol. The third kappa shape index (κ3) is 6.32. The Bertz CT molecular complexity index is 1020. The van der Waals surface area contributed by atoms with E-state index in [-0.39, 0.29) is 0 Å². The van der Waals surface area contributed by atoms with Crippen LogP contribution in [0.5, 0.6) is 0 Å². The molecule has 33 heavy (non-hydrogen) atoms. The fourth-order valence-corrected chi connectivity index (χ4v) is 4.99. The van der Waals surface area contributed by atoms with Crippen LogP contribution in [0.25, 0.3) is 11.2 Å². The van der Waals surface area contributed by atoms with Crippen molar-refractivity contribution in [3.63, 3.8) is 0 Å². The van der Waals surface area contributed by atoms with Crippen LogP contribution in [0.4, 0.5) is 5.82 Å². The molecule has 0 spiro atoms. The first-order chi connectivity index (χ1) is 15.7. The lowest BCUT2D eigenvalue weighted by Crippen LogP contribution is -2.29. The van der Waals surface area contributed by atoms with Gasteiger partial charge >= 0.3 is 0 Å². The van der Waals surface area contributed by atoms with Crippen LogP contribution < -0.4 is 5.06 Å². The van der Waals surface area contributed by atoms with Gasteiger partial charge < -0.3 is 4.57 Å². The minimum absolute atomic E-state index is 0.396. The zero-order valence-corrected chi connectivity index (χ0v) is 21.4. The second kappa shape index (κ2) is 11.1.